The number of nitrogens with zero attached hydrogens (tertiary/aromatic N) is 2. The summed E-state index contributed by atoms with van der Waals surface area (Å²) >= 11 is 6.18. The summed E-state index contributed by atoms with van der Waals surface area (Å²) in [6, 6.07) is 8.40. The minimum atomic E-state index is -0.340. The number of anilines is 1. The lowest BCUT2D eigenvalue weighted by atomic mass is 10.2. The van der Waals surface area contributed by atoms with Gasteiger partial charge in [0.05, 0.1) is 30.3 Å². The van der Waals surface area contributed by atoms with E-state index in [9.17, 15) is 9.59 Å². The van der Waals surface area contributed by atoms with Crippen molar-refractivity contribution in [1.82, 2.24) is 10.1 Å². The zero-order chi connectivity index (χ0) is 19.8. The van der Waals surface area contributed by atoms with Gasteiger partial charge in [-0.3, -0.25) is 9.59 Å². The van der Waals surface area contributed by atoms with Gasteiger partial charge in [-0.05, 0) is 12.1 Å². The zero-order valence-corrected chi connectivity index (χ0v) is 16.3. The normalized spacial score (nSPS) is 14.6. The molecule has 150 valence electrons. The fourth-order valence-corrected chi connectivity index (χ4v) is 3.34. The molecule has 2 amide bonds. The monoisotopic (exact) mass is 407 g/mol. The number of carbonyl (C=O) groups excluding carboxylic acids is 2. The van der Waals surface area contributed by atoms with Crippen LogP contribution >= 0.6 is 11.6 Å². The molecule has 3 rings (SSSR count). The summed E-state index contributed by atoms with van der Waals surface area (Å²) in [4.78, 5) is 28.3. The number of halogens is 1. The van der Waals surface area contributed by atoms with Crippen LogP contribution in [-0.2, 0) is 9.53 Å². The number of nitrogens with one attached hydrogen (secondary N) is 2. The SMILES string of the molecule is O=C(CN(CCC[NH+]1CCOCC1)C(=O)c1ccccc1Cl)Nc1ccon1. The highest BCUT2D eigenvalue weighted by atomic mass is 35.5. The lowest BCUT2D eigenvalue weighted by Gasteiger charge is -2.26. The molecule has 1 fully saturated rings. The standard InChI is InChI=1S/C19H23ClN4O4/c20-16-5-2-1-4-15(16)19(26)24(8-3-7-23-9-12-27-13-10-23)14-18(25)21-17-6-11-28-22-17/h1-2,4-6,11H,3,7-10,12-14H2,(H,21,22,25)/p+1. The number of hydrogen-bond donors (Lipinski definition) is 2. The number of ether oxygens (including phenoxy) is 1. The van der Waals surface area contributed by atoms with Crippen LogP contribution in [0.1, 0.15) is 16.8 Å². The van der Waals surface area contributed by atoms with Gasteiger partial charge in [0.2, 0.25) is 5.91 Å². The number of carbonyl (C=O) groups is 2. The second-order valence-electron chi connectivity index (χ2n) is 6.61. The third kappa shape index (κ3) is 5.79. The van der Waals surface area contributed by atoms with Crippen molar-refractivity contribution < 1.29 is 23.7 Å². The van der Waals surface area contributed by atoms with Crippen LogP contribution in [0.15, 0.2) is 41.1 Å². The Morgan fingerprint density at radius 3 is 2.71 bits per heavy atom. The molecule has 2 aromatic rings. The van der Waals surface area contributed by atoms with Crippen LogP contribution in [0.2, 0.25) is 5.02 Å². The number of benzene rings is 1. The average molecular weight is 408 g/mol. The number of amides is 2. The lowest BCUT2D eigenvalue weighted by molar-refractivity contribution is -0.908. The van der Waals surface area contributed by atoms with Crippen LogP contribution in [0.25, 0.3) is 0 Å². The minimum absolute atomic E-state index is 0.0879. The molecule has 9 heteroatoms. The van der Waals surface area contributed by atoms with E-state index in [1.807, 2.05) is 0 Å². The summed E-state index contributed by atoms with van der Waals surface area (Å²) in [5.74, 6) is -0.293. The van der Waals surface area contributed by atoms with Gasteiger partial charge in [-0.2, -0.15) is 0 Å². The fraction of sp³-hybridized carbons (Fsp3) is 0.421. The Kier molecular flexibility index (Phi) is 7.41. The maximum atomic E-state index is 13.0. The van der Waals surface area contributed by atoms with Crippen LogP contribution < -0.4 is 10.2 Å². The molecular formula is C19H24ClN4O4+. The van der Waals surface area contributed by atoms with Crippen LogP contribution in [0.5, 0.6) is 0 Å². The molecule has 1 aliphatic heterocycles. The summed E-state index contributed by atoms with van der Waals surface area (Å²) in [6.07, 6.45) is 2.15. The summed E-state index contributed by atoms with van der Waals surface area (Å²) < 4.78 is 10.1. The Bertz CT molecular complexity index is 778. The Hall–Kier alpha value is -2.42. The molecular weight excluding hydrogens is 384 g/mol. The van der Waals surface area contributed by atoms with Gasteiger partial charge < -0.3 is 24.4 Å². The molecule has 0 spiro atoms. The zero-order valence-electron chi connectivity index (χ0n) is 15.5. The highest BCUT2D eigenvalue weighted by Crippen LogP contribution is 2.17. The minimum Gasteiger partial charge on any atom is -0.370 e. The van der Waals surface area contributed by atoms with E-state index in [1.54, 1.807) is 30.3 Å². The molecule has 2 heterocycles. The maximum Gasteiger partial charge on any atom is 0.255 e. The van der Waals surface area contributed by atoms with E-state index in [0.717, 1.165) is 39.3 Å². The third-order valence-electron chi connectivity index (χ3n) is 4.59. The van der Waals surface area contributed by atoms with Crippen LogP contribution in [-0.4, -0.2) is 67.8 Å². The molecule has 0 atom stereocenters. The summed E-state index contributed by atoms with van der Waals surface area (Å²) in [6.45, 7) is 4.74. The number of morpholine rings is 1. The summed E-state index contributed by atoms with van der Waals surface area (Å²) in [5, 5.41) is 6.65. The van der Waals surface area contributed by atoms with E-state index in [2.05, 4.69) is 10.5 Å². The number of hydrogen-bond acceptors (Lipinski definition) is 5. The van der Waals surface area contributed by atoms with E-state index < -0.39 is 0 Å². The van der Waals surface area contributed by atoms with Crippen molar-refractivity contribution in [2.24, 2.45) is 0 Å². The van der Waals surface area contributed by atoms with E-state index >= 15 is 0 Å². The van der Waals surface area contributed by atoms with E-state index in [0.29, 0.717) is 22.9 Å². The molecule has 0 bridgehead atoms. The molecule has 0 unspecified atom stereocenters. The lowest BCUT2D eigenvalue weighted by Crippen LogP contribution is -3.14. The van der Waals surface area contributed by atoms with E-state index in [4.69, 9.17) is 20.9 Å². The van der Waals surface area contributed by atoms with Crippen molar-refractivity contribution in [3.05, 3.63) is 47.2 Å². The van der Waals surface area contributed by atoms with Gasteiger partial charge in [0.25, 0.3) is 5.91 Å². The van der Waals surface area contributed by atoms with Gasteiger partial charge in [0.15, 0.2) is 5.82 Å². The van der Waals surface area contributed by atoms with Gasteiger partial charge in [0.1, 0.15) is 25.9 Å². The highest BCUT2D eigenvalue weighted by Gasteiger charge is 2.22. The van der Waals surface area contributed by atoms with Crippen LogP contribution in [0.4, 0.5) is 5.82 Å². The predicted molar refractivity (Wildman–Crippen MR) is 103 cm³/mol. The van der Waals surface area contributed by atoms with Crippen molar-refractivity contribution >= 4 is 29.2 Å². The second-order valence-corrected chi connectivity index (χ2v) is 7.01. The smallest absolute Gasteiger partial charge is 0.255 e. The van der Waals surface area contributed by atoms with E-state index in [-0.39, 0.29) is 18.4 Å². The van der Waals surface area contributed by atoms with Gasteiger partial charge in [-0.1, -0.05) is 28.9 Å². The Balaban J connectivity index is 1.63. The van der Waals surface area contributed by atoms with Crippen molar-refractivity contribution in [3.8, 4) is 0 Å². The number of quaternary nitrogens is 1. The Morgan fingerprint density at radius 1 is 1.21 bits per heavy atom. The Morgan fingerprint density at radius 2 is 2.00 bits per heavy atom. The Labute approximate surface area is 168 Å². The summed E-state index contributed by atoms with van der Waals surface area (Å²) in [7, 11) is 0. The molecule has 0 radical (unpaired) electrons. The van der Waals surface area contributed by atoms with Gasteiger partial charge in [0, 0.05) is 19.0 Å². The van der Waals surface area contributed by atoms with Crippen LogP contribution in [0.3, 0.4) is 0 Å². The molecule has 1 aromatic heterocycles. The van der Waals surface area contributed by atoms with Crippen molar-refractivity contribution in [1.29, 1.82) is 0 Å². The maximum absolute atomic E-state index is 13.0. The van der Waals surface area contributed by atoms with Crippen LogP contribution in [0, 0.1) is 0 Å². The van der Waals surface area contributed by atoms with Crippen molar-refractivity contribution in [2.75, 3.05) is 51.3 Å². The average Bonchev–Trinajstić information content (AvgIpc) is 3.21. The quantitative estimate of drug-likeness (QED) is 0.673. The predicted octanol–water partition coefficient (Wildman–Crippen LogP) is 0.714. The highest BCUT2D eigenvalue weighted by molar-refractivity contribution is 6.33. The van der Waals surface area contributed by atoms with Crippen molar-refractivity contribution in [2.45, 2.75) is 6.42 Å². The molecule has 1 saturated heterocycles. The molecule has 0 saturated carbocycles. The molecule has 8 nitrogen and oxygen atoms in total. The summed E-state index contributed by atoms with van der Waals surface area (Å²) in [5.41, 5.74) is 0.386. The number of rotatable bonds is 8. The number of aromatic nitrogens is 1. The largest absolute Gasteiger partial charge is 0.370 e. The molecule has 0 aliphatic carbocycles. The topological polar surface area (TPSA) is 89.1 Å². The van der Waals surface area contributed by atoms with Crippen molar-refractivity contribution in [3.63, 3.8) is 0 Å². The molecule has 2 N–H and O–H groups in total. The fourth-order valence-electron chi connectivity index (χ4n) is 3.12. The van der Waals surface area contributed by atoms with Gasteiger partial charge in [-0.15, -0.1) is 0 Å². The molecule has 1 aromatic carbocycles. The first kappa shape index (κ1) is 20.3. The molecule has 1 aliphatic rings. The van der Waals surface area contributed by atoms with E-state index in [1.165, 1.54) is 16.1 Å². The van der Waals surface area contributed by atoms with Gasteiger partial charge in [-0.25, -0.2) is 0 Å². The first-order chi connectivity index (χ1) is 13.6. The molecule has 28 heavy (non-hydrogen) atoms. The van der Waals surface area contributed by atoms with Gasteiger partial charge >= 0.3 is 0 Å². The second kappa shape index (κ2) is 10.2. The first-order valence-corrected chi connectivity index (χ1v) is 9.66. The first-order valence-electron chi connectivity index (χ1n) is 9.29. The third-order valence-corrected chi connectivity index (χ3v) is 4.92.